The SMILES string of the molecule is O=c1[nH]cnc(CC(CNC2CC(F)C2)c2ccc(C#Cc3ccc(CN4CCOCC4)cc3)cc2)c1O. The molecule has 0 radical (unpaired) electrons. The second-order valence-electron chi connectivity index (χ2n) is 10.1. The van der Waals surface area contributed by atoms with Crippen LogP contribution in [0.1, 0.15) is 46.7 Å². The van der Waals surface area contributed by atoms with Gasteiger partial charge in [-0.15, -0.1) is 0 Å². The number of aromatic nitrogens is 2. The molecule has 2 fully saturated rings. The van der Waals surface area contributed by atoms with E-state index in [0.717, 1.165) is 49.5 Å². The van der Waals surface area contributed by atoms with Crippen LogP contribution in [0.25, 0.3) is 0 Å². The standard InChI is InChI=1S/C30H33FN4O3/c31-26-16-27(17-26)32-18-25(15-28-29(36)30(37)34-20-33-28)24-9-7-22(8-10-24)2-1-21-3-5-23(6-4-21)19-35-11-13-38-14-12-35/h3-10,20,25-27,32,36H,11-19H2,(H,33,34,37). The Morgan fingerprint density at radius 1 is 1.08 bits per heavy atom. The summed E-state index contributed by atoms with van der Waals surface area (Å²) in [6, 6.07) is 16.5. The molecule has 1 saturated heterocycles. The third-order valence-electron chi connectivity index (χ3n) is 7.27. The Morgan fingerprint density at radius 3 is 2.39 bits per heavy atom. The lowest BCUT2D eigenvalue weighted by Gasteiger charge is -2.32. The third-order valence-corrected chi connectivity index (χ3v) is 7.27. The molecular weight excluding hydrogens is 483 g/mol. The molecule has 3 aromatic rings. The van der Waals surface area contributed by atoms with Crippen molar-refractivity contribution in [2.24, 2.45) is 0 Å². The molecule has 0 bridgehead atoms. The zero-order chi connectivity index (χ0) is 26.3. The van der Waals surface area contributed by atoms with Gasteiger partial charge in [0.2, 0.25) is 5.75 Å². The number of benzene rings is 2. The van der Waals surface area contributed by atoms with E-state index in [-0.39, 0.29) is 17.7 Å². The smallest absolute Gasteiger partial charge is 0.293 e. The van der Waals surface area contributed by atoms with Crippen LogP contribution in [-0.4, -0.2) is 65.0 Å². The van der Waals surface area contributed by atoms with Crippen molar-refractivity contribution in [2.45, 2.75) is 43.9 Å². The first-order valence-corrected chi connectivity index (χ1v) is 13.2. The number of nitrogens with zero attached hydrogens (tertiary/aromatic N) is 2. The first-order chi connectivity index (χ1) is 18.5. The minimum absolute atomic E-state index is 0.0464. The van der Waals surface area contributed by atoms with Crippen LogP contribution in [0.4, 0.5) is 4.39 Å². The van der Waals surface area contributed by atoms with E-state index in [2.05, 4.69) is 56.3 Å². The summed E-state index contributed by atoms with van der Waals surface area (Å²) in [7, 11) is 0. The van der Waals surface area contributed by atoms with Crippen LogP contribution in [0.3, 0.4) is 0 Å². The van der Waals surface area contributed by atoms with E-state index in [4.69, 9.17) is 4.74 Å². The first kappa shape index (κ1) is 26.1. The van der Waals surface area contributed by atoms with Gasteiger partial charge in [0.05, 0.1) is 25.2 Å². The topological polar surface area (TPSA) is 90.5 Å². The van der Waals surface area contributed by atoms with Crippen molar-refractivity contribution in [1.82, 2.24) is 20.2 Å². The molecule has 2 heterocycles. The Balaban J connectivity index is 1.24. The van der Waals surface area contributed by atoms with E-state index < -0.39 is 11.7 Å². The minimum Gasteiger partial charge on any atom is -0.502 e. The Morgan fingerprint density at radius 2 is 1.74 bits per heavy atom. The lowest BCUT2D eigenvalue weighted by molar-refractivity contribution is 0.0342. The molecular formula is C30H33FN4O3. The fourth-order valence-corrected chi connectivity index (χ4v) is 4.84. The Kier molecular flexibility index (Phi) is 8.49. The number of hydrogen-bond donors (Lipinski definition) is 3. The molecule has 3 N–H and O–H groups in total. The number of ether oxygens (including phenoxy) is 1. The predicted octanol–water partition coefficient (Wildman–Crippen LogP) is 3.12. The maximum atomic E-state index is 13.3. The molecule has 198 valence electrons. The highest BCUT2D eigenvalue weighted by atomic mass is 19.1. The fourth-order valence-electron chi connectivity index (χ4n) is 4.84. The molecule has 1 aliphatic heterocycles. The van der Waals surface area contributed by atoms with Crippen molar-refractivity contribution in [3.05, 3.63) is 93.2 Å². The van der Waals surface area contributed by atoms with Crippen molar-refractivity contribution >= 4 is 0 Å². The van der Waals surface area contributed by atoms with Crippen molar-refractivity contribution < 1.29 is 14.2 Å². The monoisotopic (exact) mass is 516 g/mol. The zero-order valence-corrected chi connectivity index (χ0v) is 21.3. The molecule has 1 aliphatic carbocycles. The van der Waals surface area contributed by atoms with Crippen LogP contribution < -0.4 is 10.9 Å². The number of alkyl halides is 1. The maximum absolute atomic E-state index is 13.3. The van der Waals surface area contributed by atoms with Crippen LogP contribution >= 0.6 is 0 Å². The Labute approximate surface area is 222 Å². The van der Waals surface area contributed by atoms with Gasteiger partial charge in [0, 0.05) is 55.7 Å². The van der Waals surface area contributed by atoms with Crippen molar-refractivity contribution in [3.63, 3.8) is 0 Å². The average Bonchev–Trinajstić information content (AvgIpc) is 2.92. The van der Waals surface area contributed by atoms with Crippen LogP contribution in [0.2, 0.25) is 0 Å². The van der Waals surface area contributed by atoms with Gasteiger partial charge in [-0.05, 0) is 48.2 Å². The zero-order valence-electron chi connectivity index (χ0n) is 21.3. The van der Waals surface area contributed by atoms with Gasteiger partial charge in [-0.1, -0.05) is 36.1 Å². The number of aromatic hydroxyl groups is 1. The first-order valence-electron chi connectivity index (χ1n) is 13.2. The molecule has 7 nitrogen and oxygen atoms in total. The highest BCUT2D eigenvalue weighted by molar-refractivity contribution is 5.44. The average molecular weight is 517 g/mol. The third kappa shape index (κ3) is 6.87. The molecule has 2 aromatic carbocycles. The van der Waals surface area contributed by atoms with Gasteiger partial charge in [-0.2, -0.15) is 0 Å². The van der Waals surface area contributed by atoms with Crippen molar-refractivity contribution in [1.29, 1.82) is 0 Å². The quantitative estimate of drug-likeness (QED) is 0.399. The van der Waals surface area contributed by atoms with Crippen molar-refractivity contribution in [3.8, 4) is 17.6 Å². The van der Waals surface area contributed by atoms with Crippen LogP contribution in [0.15, 0.2) is 59.7 Å². The number of H-pyrrole nitrogens is 1. The second-order valence-corrected chi connectivity index (χ2v) is 10.1. The summed E-state index contributed by atoms with van der Waals surface area (Å²) in [5.41, 5.74) is 3.96. The highest BCUT2D eigenvalue weighted by Crippen LogP contribution is 2.26. The lowest BCUT2D eigenvalue weighted by Crippen LogP contribution is -2.44. The Bertz CT molecular complexity index is 1320. The number of morpholine rings is 1. The molecule has 0 amide bonds. The largest absolute Gasteiger partial charge is 0.502 e. The molecule has 0 spiro atoms. The van der Waals surface area contributed by atoms with Gasteiger partial charge in [0.25, 0.3) is 5.56 Å². The number of nitrogens with one attached hydrogen (secondary N) is 2. The predicted molar refractivity (Wildman–Crippen MR) is 144 cm³/mol. The van der Waals surface area contributed by atoms with Crippen LogP contribution in [-0.2, 0) is 17.7 Å². The van der Waals surface area contributed by atoms with E-state index in [1.165, 1.54) is 11.9 Å². The summed E-state index contributed by atoms with van der Waals surface area (Å²) in [5, 5.41) is 13.6. The molecule has 38 heavy (non-hydrogen) atoms. The summed E-state index contributed by atoms with van der Waals surface area (Å²) in [6.07, 6.45) is 1.99. The number of halogens is 1. The van der Waals surface area contributed by atoms with Gasteiger partial charge in [-0.25, -0.2) is 9.37 Å². The van der Waals surface area contributed by atoms with E-state index in [0.29, 0.717) is 31.5 Å². The normalized spacial score (nSPS) is 20.2. The number of hydrogen-bond acceptors (Lipinski definition) is 6. The van der Waals surface area contributed by atoms with Gasteiger partial charge < -0.3 is 20.1 Å². The second kappa shape index (κ2) is 12.4. The summed E-state index contributed by atoms with van der Waals surface area (Å²) >= 11 is 0. The van der Waals surface area contributed by atoms with Gasteiger partial charge in [0.15, 0.2) is 0 Å². The van der Waals surface area contributed by atoms with Gasteiger partial charge >= 0.3 is 0 Å². The number of rotatable bonds is 8. The molecule has 1 atom stereocenters. The molecule has 1 unspecified atom stereocenters. The summed E-state index contributed by atoms with van der Waals surface area (Å²) in [5.74, 6) is 6.07. The van der Waals surface area contributed by atoms with Crippen molar-refractivity contribution in [2.75, 3.05) is 32.8 Å². The van der Waals surface area contributed by atoms with Gasteiger partial charge in [0.1, 0.15) is 6.17 Å². The highest BCUT2D eigenvalue weighted by Gasteiger charge is 2.29. The van der Waals surface area contributed by atoms with E-state index >= 15 is 0 Å². The molecule has 1 aromatic heterocycles. The van der Waals surface area contributed by atoms with Gasteiger partial charge in [-0.3, -0.25) is 9.69 Å². The molecule has 8 heteroatoms. The summed E-state index contributed by atoms with van der Waals surface area (Å²) < 4.78 is 18.7. The maximum Gasteiger partial charge on any atom is 0.293 e. The summed E-state index contributed by atoms with van der Waals surface area (Å²) in [4.78, 5) is 20.8. The minimum atomic E-state index is -0.733. The number of aromatic amines is 1. The van der Waals surface area contributed by atoms with E-state index in [9.17, 15) is 14.3 Å². The molecule has 1 saturated carbocycles. The van der Waals surface area contributed by atoms with E-state index in [1.807, 2.05) is 24.3 Å². The van der Waals surface area contributed by atoms with Crippen LogP contribution in [0, 0.1) is 11.8 Å². The summed E-state index contributed by atoms with van der Waals surface area (Å²) in [6.45, 7) is 5.04. The molecule has 2 aliphatic rings. The van der Waals surface area contributed by atoms with E-state index in [1.54, 1.807) is 0 Å². The fraction of sp³-hybridized carbons (Fsp3) is 0.400. The lowest BCUT2D eigenvalue weighted by atomic mass is 9.88. The van der Waals surface area contributed by atoms with Crippen LogP contribution in [0.5, 0.6) is 5.75 Å². The Hall–Kier alpha value is -3.51. The molecule has 5 rings (SSSR count).